The smallest absolute Gasteiger partial charge is 0.243 e. The maximum atomic E-state index is 12.9. The van der Waals surface area contributed by atoms with Gasteiger partial charge in [0.25, 0.3) is 0 Å². The molecule has 1 fully saturated rings. The van der Waals surface area contributed by atoms with Gasteiger partial charge in [-0.3, -0.25) is 4.79 Å². The van der Waals surface area contributed by atoms with Crippen molar-refractivity contribution in [1.82, 2.24) is 4.31 Å². The number of thioether (sulfide) groups is 1. The second kappa shape index (κ2) is 9.72. The molecule has 3 rings (SSSR count). The first-order chi connectivity index (χ1) is 14.4. The largest absolute Gasteiger partial charge is 0.497 e. The highest BCUT2D eigenvalue weighted by Gasteiger charge is 2.32. The minimum Gasteiger partial charge on any atom is -0.497 e. The van der Waals surface area contributed by atoms with Crippen LogP contribution < -0.4 is 14.8 Å². The van der Waals surface area contributed by atoms with Crippen molar-refractivity contribution in [3.63, 3.8) is 0 Å². The van der Waals surface area contributed by atoms with Gasteiger partial charge in [-0.1, -0.05) is 0 Å². The second-order valence-electron chi connectivity index (χ2n) is 6.91. The molecule has 0 spiro atoms. The van der Waals surface area contributed by atoms with Crippen molar-refractivity contribution < 1.29 is 22.7 Å². The number of amides is 1. The van der Waals surface area contributed by atoms with E-state index in [1.54, 1.807) is 61.3 Å². The van der Waals surface area contributed by atoms with Crippen LogP contribution in [0.5, 0.6) is 11.5 Å². The molecule has 1 heterocycles. The molecule has 162 valence electrons. The maximum absolute atomic E-state index is 12.9. The molecule has 2 aromatic rings. The van der Waals surface area contributed by atoms with Gasteiger partial charge < -0.3 is 14.8 Å². The summed E-state index contributed by atoms with van der Waals surface area (Å²) in [7, 11) is -0.466. The van der Waals surface area contributed by atoms with Gasteiger partial charge in [-0.25, -0.2) is 8.42 Å². The van der Waals surface area contributed by atoms with Crippen LogP contribution in [0.3, 0.4) is 0 Å². The van der Waals surface area contributed by atoms with Crippen LogP contribution in [-0.4, -0.2) is 52.2 Å². The van der Waals surface area contributed by atoms with Gasteiger partial charge in [-0.05, 0) is 55.5 Å². The first-order valence-electron chi connectivity index (χ1n) is 9.56. The van der Waals surface area contributed by atoms with Crippen LogP contribution >= 0.6 is 11.8 Å². The number of ether oxygens (including phenoxy) is 2. The van der Waals surface area contributed by atoms with Crippen molar-refractivity contribution in [3.05, 3.63) is 42.5 Å². The van der Waals surface area contributed by atoms with E-state index in [1.807, 2.05) is 6.26 Å². The molecule has 9 heteroatoms. The summed E-state index contributed by atoms with van der Waals surface area (Å²) in [6.07, 6.45) is 2.87. The van der Waals surface area contributed by atoms with Crippen LogP contribution in [0.2, 0.25) is 0 Å². The lowest BCUT2D eigenvalue weighted by atomic mass is 9.97. The average Bonchev–Trinajstić information content (AvgIpc) is 2.79. The molecule has 0 bridgehead atoms. The minimum absolute atomic E-state index is 0.139. The van der Waals surface area contributed by atoms with E-state index < -0.39 is 10.0 Å². The van der Waals surface area contributed by atoms with E-state index in [4.69, 9.17) is 9.47 Å². The Hall–Kier alpha value is -2.23. The fourth-order valence-electron chi connectivity index (χ4n) is 3.39. The molecule has 0 aromatic heterocycles. The van der Waals surface area contributed by atoms with Crippen molar-refractivity contribution in [3.8, 4) is 11.5 Å². The Morgan fingerprint density at radius 3 is 2.30 bits per heavy atom. The highest BCUT2D eigenvalue weighted by molar-refractivity contribution is 7.98. The molecule has 0 aliphatic carbocycles. The number of carbonyl (C=O) groups is 1. The number of carbonyl (C=O) groups excluding carboxylic acids is 1. The minimum atomic E-state index is -3.55. The number of anilines is 1. The summed E-state index contributed by atoms with van der Waals surface area (Å²) in [5.41, 5.74) is 0.562. The molecule has 7 nitrogen and oxygen atoms in total. The molecule has 0 unspecified atom stereocenters. The number of rotatable bonds is 7. The summed E-state index contributed by atoms with van der Waals surface area (Å²) < 4.78 is 37.7. The Morgan fingerprint density at radius 2 is 1.73 bits per heavy atom. The zero-order valence-electron chi connectivity index (χ0n) is 17.3. The summed E-state index contributed by atoms with van der Waals surface area (Å²) in [4.78, 5) is 14.0. The van der Waals surface area contributed by atoms with E-state index in [-0.39, 0.29) is 16.7 Å². The van der Waals surface area contributed by atoms with E-state index in [2.05, 4.69) is 5.32 Å². The number of sulfonamides is 1. The monoisotopic (exact) mass is 450 g/mol. The summed E-state index contributed by atoms with van der Waals surface area (Å²) in [5.74, 6) is 0.743. The van der Waals surface area contributed by atoms with E-state index in [1.165, 1.54) is 11.4 Å². The standard InChI is InChI=1S/C21H26N2O5S2/c1-27-16-4-9-19(20(14-16)28-2)22-21(24)15-10-12-23(13-11-15)30(25,26)18-7-5-17(29-3)6-8-18/h4-9,14-15H,10-13H2,1-3H3,(H,22,24). The van der Waals surface area contributed by atoms with Crippen molar-refractivity contribution >= 4 is 33.4 Å². The van der Waals surface area contributed by atoms with Gasteiger partial charge in [0, 0.05) is 30.0 Å². The Labute approximate surface area is 181 Å². The number of piperidine rings is 1. The molecule has 2 aromatic carbocycles. The molecule has 0 atom stereocenters. The van der Waals surface area contributed by atoms with Crippen LogP contribution in [0.1, 0.15) is 12.8 Å². The molecule has 0 radical (unpaired) electrons. The highest BCUT2D eigenvalue weighted by Crippen LogP contribution is 2.31. The van der Waals surface area contributed by atoms with Gasteiger partial charge in [-0.15, -0.1) is 11.8 Å². The van der Waals surface area contributed by atoms with Gasteiger partial charge in [-0.2, -0.15) is 4.31 Å². The zero-order chi connectivity index (χ0) is 21.7. The van der Waals surface area contributed by atoms with Crippen LogP contribution in [0.4, 0.5) is 5.69 Å². The topological polar surface area (TPSA) is 84.9 Å². The molecular weight excluding hydrogens is 424 g/mol. The fraction of sp³-hybridized carbons (Fsp3) is 0.381. The number of hydrogen-bond acceptors (Lipinski definition) is 6. The number of methoxy groups -OCH3 is 2. The third-order valence-corrected chi connectivity index (χ3v) is 7.84. The van der Waals surface area contributed by atoms with Crippen LogP contribution in [0.25, 0.3) is 0 Å². The van der Waals surface area contributed by atoms with Crippen LogP contribution in [-0.2, 0) is 14.8 Å². The quantitative estimate of drug-likeness (QED) is 0.651. The van der Waals surface area contributed by atoms with E-state index in [0.717, 1.165) is 4.90 Å². The molecular formula is C21H26N2O5S2. The Kier molecular flexibility index (Phi) is 7.27. The van der Waals surface area contributed by atoms with E-state index >= 15 is 0 Å². The molecule has 30 heavy (non-hydrogen) atoms. The molecule has 1 aliphatic heterocycles. The van der Waals surface area contributed by atoms with Crippen molar-refractivity contribution in [2.24, 2.45) is 5.92 Å². The number of hydrogen-bond donors (Lipinski definition) is 1. The molecule has 1 N–H and O–H groups in total. The van der Waals surface area contributed by atoms with Gasteiger partial charge >= 0.3 is 0 Å². The Balaban J connectivity index is 1.62. The lowest BCUT2D eigenvalue weighted by Gasteiger charge is -2.30. The summed E-state index contributed by atoms with van der Waals surface area (Å²) in [5, 5.41) is 2.89. The van der Waals surface area contributed by atoms with Crippen molar-refractivity contribution in [2.45, 2.75) is 22.6 Å². The summed E-state index contributed by atoms with van der Waals surface area (Å²) >= 11 is 1.56. The molecule has 1 amide bonds. The SMILES string of the molecule is COc1ccc(NC(=O)C2CCN(S(=O)(=O)c3ccc(SC)cc3)CC2)c(OC)c1. The summed E-state index contributed by atoms with van der Waals surface area (Å²) in [6.45, 7) is 0.620. The first kappa shape index (κ1) is 22.5. The van der Waals surface area contributed by atoms with Crippen molar-refractivity contribution in [1.29, 1.82) is 0 Å². The number of nitrogens with one attached hydrogen (secondary N) is 1. The van der Waals surface area contributed by atoms with E-state index in [9.17, 15) is 13.2 Å². The van der Waals surface area contributed by atoms with E-state index in [0.29, 0.717) is 43.1 Å². The average molecular weight is 451 g/mol. The lowest BCUT2D eigenvalue weighted by Crippen LogP contribution is -2.41. The highest BCUT2D eigenvalue weighted by atomic mass is 32.2. The van der Waals surface area contributed by atoms with Gasteiger partial charge in [0.15, 0.2) is 0 Å². The Bertz CT molecular complexity index is 985. The molecule has 1 aliphatic rings. The molecule has 1 saturated heterocycles. The lowest BCUT2D eigenvalue weighted by molar-refractivity contribution is -0.120. The van der Waals surface area contributed by atoms with Crippen LogP contribution in [0.15, 0.2) is 52.3 Å². The predicted octanol–water partition coefficient (Wildman–Crippen LogP) is 3.47. The van der Waals surface area contributed by atoms with Crippen molar-refractivity contribution in [2.75, 3.05) is 38.9 Å². The second-order valence-corrected chi connectivity index (χ2v) is 9.73. The predicted molar refractivity (Wildman–Crippen MR) is 118 cm³/mol. The zero-order valence-corrected chi connectivity index (χ0v) is 18.9. The molecule has 0 saturated carbocycles. The maximum Gasteiger partial charge on any atom is 0.243 e. The third kappa shape index (κ3) is 4.91. The third-order valence-electron chi connectivity index (χ3n) is 5.19. The van der Waals surface area contributed by atoms with Crippen LogP contribution in [0, 0.1) is 5.92 Å². The summed E-state index contributed by atoms with van der Waals surface area (Å²) in [6, 6.07) is 12.1. The fourth-order valence-corrected chi connectivity index (χ4v) is 5.27. The van der Waals surface area contributed by atoms with Gasteiger partial charge in [0.1, 0.15) is 11.5 Å². The van der Waals surface area contributed by atoms with Gasteiger partial charge in [0.2, 0.25) is 15.9 Å². The first-order valence-corrected chi connectivity index (χ1v) is 12.2. The van der Waals surface area contributed by atoms with Gasteiger partial charge in [0.05, 0.1) is 24.8 Å². The number of nitrogens with zero attached hydrogens (tertiary/aromatic N) is 1. The Morgan fingerprint density at radius 1 is 1.07 bits per heavy atom. The number of benzene rings is 2. The normalized spacial score (nSPS) is 15.6.